The van der Waals surface area contributed by atoms with Gasteiger partial charge in [-0.15, -0.1) is 0 Å². The van der Waals surface area contributed by atoms with Crippen LogP contribution in [0.1, 0.15) is 38.5 Å². The van der Waals surface area contributed by atoms with Crippen LogP contribution in [0.15, 0.2) is 0 Å². The quantitative estimate of drug-likeness (QED) is 0.765. The predicted octanol–water partition coefficient (Wildman–Crippen LogP) is 2.31. The molecule has 3 atom stereocenters. The number of hydrogen-bond acceptors (Lipinski definition) is 4. The Kier molecular flexibility index (Phi) is 4.72. The second kappa shape index (κ2) is 6.08. The number of thioether (sulfide) groups is 1. The number of ether oxygens (including phenoxy) is 1. The monoisotopic (exact) mass is 254 g/mol. The minimum atomic E-state index is -0.537. The first-order valence-corrected chi connectivity index (χ1v) is 7.79. The third-order valence-corrected chi connectivity index (χ3v) is 5.15. The zero-order valence-corrected chi connectivity index (χ0v) is 11.2. The van der Waals surface area contributed by atoms with Gasteiger partial charge in [0.15, 0.2) is 0 Å². The summed E-state index contributed by atoms with van der Waals surface area (Å²) in [5.41, 5.74) is 5.57. The lowest BCUT2D eigenvalue weighted by Crippen LogP contribution is -2.41. The second-order valence-electron chi connectivity index (χ2n) is 5.24. The average Bonchev–Trinajstić information content (AvgIpc) is 2.95. The van der Waals surface area contributed by atoms with Crippen molar-refractivity contribution in [2.24, 2.45) is 11.7 Å². The van der Waals surface area contributed by atoms with Gasteiger partial charge in [0.25, 0.3) is 0 Å². The van der Waals surface area contributed by atoms with Gasteiger partial charge in [0, 0.05) is 12.4 Å². The molecule has 2 rings (SSSR count). The molecule has 2 fully saturated rings. The minimum Gasteiger partial charge on any atom is -0.377 e. The molecule has 4 heteroatoms. The summed E-state index contributed by atoms with van der Waals surface area (Å²) in [6.45, 7) is 0.939. The lowest BCUT2D eigenvalue weighted by Gasteiger charge is -2.23. The molecule has 0 bridgehead atoms. The van der Waals surface area contributed by atoms with E-state index in [1.807, 2.05) is 11.8 Å². The summed E-state index contributed by atoms with van der Waals surface area (Å²) < 4.78 is 5.59. The van der Waals surface area contributed by atoms with Crippen LogP contribution in [0.4, 0.5) is 0 Å². The maximum absolute atomic E-state index is 9.12. The number of nitriles is 1. The van der Waals surface area contributed by atoms with Gasteiger partial charge in [-0.25, -0.2) is 0 Å². The van der Waals surface area contributed by atoms with Crippen molar-refractivity contribution in [3.8, 4) is 6.07 Å². The van der Waals surface area contributed by atoms with E-state index in [0.717, 1.165) is 43.8 Å². The zero-order valence-electron chi connectivity index (χ0n) is 10.4. The highest BCUT2D eigenvalue weighted by molar-refractivity contribution is 7.99. The molecule has 0 aromatic heterocycles. The van der Waals surface area contributed by atoms with Gasteiger partial charge in [0.05, 0.1) is 12.2 Å². The first-order valence-electron chi connectivity index (χ1n) is 6.64. The van der Waals surface area contributed by atoms with Crippen LogP contribution < -0.4 is 5.73 Å². The van der Waals surface area contributed by atoms with Crippen molar-refractivity contribution in [1.29, 1.82) is 5.26 Å². The van der Waals surface area contributed by atoms with Crippen LogP contribution in [0.2, 0.25) is 0 Å². The molecule has 96 valence electrons. The highest BCUT2D eigenvalue weighted by atomic mass is 32.2. The summed E-state index contributed by atoms with van der Waals surface area (Å²) in [4.78, 5) is 0. The van der Waals surface area contributed by atoms with Crippen LogP contribution in [0.5, 0.6) is 0 Å². The van der Waals surface area contributed by atoms with Gasteiger partial charge in [-0.3, -0.25) is 0 Å². The Labute approximate surface area is 108 Å². The molecule has 2 aliphatic rings. The lowest BCUT2D eigenvalue weighted by molar-refractivity contribution is 0.129. The molecule has 0 amide bonds. The molecule has 17 heavy (non-hydrogen) atoms. The smallest absolute Gasteiger partial charge is 0.107 e. The van der Waals surface area contributed by atoms with Crippen LogP contribution in [0.3, 0.4) is 0 Å². The predicted molar refractivity (Wildman–Crippen MR) is 70.8 cm³/mol. The molecule has 2 N–H and O–H groups in total. The van der Waals surface area contributed by atoms with E-state index in [-0.39, 0.29) is 0 Å². The zero-order chi connectivity index (χ0) is 12.1. The topological polar surface area (TPSA) is 59.0 Å². The van der Waals surface area contributed by atoms with Crippen LogP contribution in [0.25, 0.3) is 0 Å². The normalized spacial score (nSPS) is 37.2. The molecule has 0 spiro atoms. The minimum absolute atomic E-state index is 0.407. The third-order valence-electron chi connectivity index (χ3n) is 4.02. The van der Waals surface area contributed by atoms with Gasteiger partial charge in [-0.2, -0.15) is 17.0 Å². The van der Waals surface area contributed by atoms with Crippen molar-refractivity contribution in [1.82, 2.24) is 0 Å². The maximum atomic E-state index is 9.12. The summed E-state index contributed by atoms with van der Waals surface area (Å²) in [7, 11) is 0. The molecule has 1 heterocycles. The summed E-state index contributed by atoms with van der Waals surface area (Å²) in [5, 5.41) is 9.12. The Morgan fingerprint density at radius 2 is 2.29 bits per heavy atom. The third kappa shape index (κ3) is 3.37. The molecule has 0 radical (unpaired) electrons. The molecule has 0 aromatic carbocycles. The Morgan fingerprint density at radius 1 is 1.41 bits per heavy atom. The largest absolute Gasteiger partial charge is 0.377 e. The number of nitrogens with zero attached hydrogens (tertiary/aromatic N) is 1. The van der Waals surface area contributed by atoms with E-state index in [1.165, 1.54) is 12.8 Å². The highest BCUT2D eigenvalue weighted by Crippen LogP contribution is 2.36. The van der Waals surface area contributed by atoms with E-state index in [0.29, 0.717) is 12.0 Å². The van der Waals surface area contributed by atoms with Gasteiger partial charge in [-0.1, -0.05) is 6.42 Å². The molecule has 3 nitrogen and oxygen atoms in total. The SMILES string of the molecule is N#CC1(N)CCCC1CCSCC1CCCO1. The van der Waals surface area contributed by atoms with Crippen LogP contribution >= 0.6 is 11.8 Å². The molecule has 1 aliphatic carbocycles. The van der Waals surface area contributed by atoms with Crippen LogP contribution in [-0.4, -0.2) is 29.8 Å². The van der Waals surface area contributed by atoms with E-state index in [2.05, 4.69) is 6.07 Å². The van der Waals surface area contributed by atoms with Crippen molar-refractivity contribution >= 4 is 11.8 Å². The molecule has 3 unspecified atom stereocenters. The lowest BCUT2D eigenvalue weighted by atomic mass is 9.88. The van der Waals surface area contributed by atoms with Gasteiger partial charge in [0.2, 0.25) is 0 Å². The maximum Gasteiger partial charge on any atom is 0.107 e. The van der Waals surface area contributed by atoms with Crippen molar-refractivity contribution in [3.63, 3.8) is 0 Å². The van der Waals surface area contributed by atoms with Crippen molar-refractivity contribution in [3.05, 3.63) is 0 Å². The molecule has 0 aromatic rings. The fourth-order valence-corrected chi connectivity index (χ4v) is 4.01. The Hall–Kier alpha value is -0.240. The van der Waals surface area contributed by atoms with E-state index in [1.54, 1.807) is 0 Å². The van der Waals surface area contributed by atoms with Crippen molar-refractivity contribution in [2.75, 3.05) is 18.1 Å². The fourth-order valence-electron chi connectivity index (χ4n) is 2.87. The molecular formula is C13H22N2OS. The first-order chi connectivity index (χ1) is 8.24. The molecule has 1 saturated carbocycles. The molecular weight excluding hydrogens is 232 g/mol. The molecule has 1 aliphatic heterocycles. The van der Waals surface area contributed by atoms with E-state index in [4.69, 9.17) is 15.7 Å². The fraction of sp³-hybridized carbons (Fsp3) is 0.923. The van der Waals surface area contributed by atoms with E-state index < -0.39 is 5.54 Å². The van der Waals surface area contributed by atoms with Crippen LogP contribution in [-0.2, 0) is 4.74 Å². The van der Waals surface area contributed by atoms with Gasteiger partial charge in [0.1, 0.15) is 5.54 Å². The second-order valence-corrected chi connectivity index (χ2v) is 6.39. The number of hydrogen-bond donors (Lipinski definition) is 1. The summed E-state index contributed by atoms with van der Waals surface area (Å²) in [6, 6.07) is 2.32. The Balaban J connectivity index is 1.63. The summed E-state index contributed by atoms with van der Waals surface area (Å²) in [6.07, 6.45) is 7.12. The Morgan fingerprint density at radius 3 is 3.00 bits per heavy atom. The van der Waals surface area contributed by atoms with Crippen molar-refractivity contribution < 1.29 is 4.74 Å². The van der Waals surface area contributed by atoms with Gasteiger partial charge >= 0.3 is 0 Å². The standard InChI is InChI=1S/C13H22N2OS/c14-10-13(15)6-1-3-11(13)5-8-17-9-12-4-2-7-16-12/h11-12H,1-9,15H2. The van der Waals surface area contributed by atoms with Crippen molar-refractivity contribution in [2.45, 2.75) is 50.2 Å². The Bertz CT molecular complexity index is 286. The van der Waals surface area contributed by atoms with Gasteiger partial charge in [-0.05, 0) is 43.8 Å². The first kappa shape index (κ1) is 13.2. The summed E-state index contributed by atoms with van der Waals surface area (Å²) in [5.74, 6) is 2.63. The number of nitrogens with two attached hydrogens (primary N) is 1. The average molecular weight is 254 g/mol. The van der Waals surface area contributed by atoms with E-state index in [9.17, 15) is 0 Å². The molecule has 1 saturated heterocycles. The highest BCUT2D eigenvalue weighted by Gasteiger charge is 2.39. The van der Waals surface area contributed by atoms with E-state index >= 15 is 0 Å². The number of rotatable bonds is 5. The van der Waals surface area contributed by atoms with Gasteiger partial charge < -0.3 is 10.5 Å². The summed E-state index contributed by atoms with van der Waals surface area (Å²) >= 11 is 1.96. The van der Waals surface area contributed by atoms with Crippen LogP contribution in [0, 0.1) is 17.2 Å².